The van der Waals surface area contributed by atoms with E-state index in [9.17, 15) is 13.2 Å². The van der Waals surface area contributed by atoms with Crippen LogP contribution in [0.25, 0.3) is 4.96 Å². The van der Waals surface area contributed by atoms with Crippen molar-refractivity contribution < 1.29 is 13.2 Å². The largest absolute Gasteiger partial charge is 0.389 e. The van der Waals surface area contributed by atoms with Crippen molar-refractivity contribution in [2.45, 2.75) is 44.8 Å². The standard InChI is InChI=1S/C13H18F3N3S/c1-2-5-17-10(3-4-13(14,15)16)8-11-9-19-6-7-20-12(19)18-11/h6-7,9-10,17H,2-5,8H2,1H3. The first-order valence-corrected chi connectivity index (χ1v) is 7.57. The van der Waals surface area contributed by atoms with Crippen molar-refractivity contribution in [3.05, 3.63) is 23.5 Å². The number of aromatic nitrogens is 2. The highest BCUT2D eigenvalue weighted by atomic mass is 32.1. The number of fused-ring (bicyclic) bond motifs is 1. The molecule has 0 radical (unpaired) electrons. The van der Waals surface area contributed by atoms with Gasteiger partial charge in [-0.25, -0.2) is 4.98 Å². The van der Waals surface area contributed by atoms with Crippen LogP contribution in [0.2, 0.25) is 0 Å². The Kier molecular flexibility index (Phi) is 5.04. The van der Waals surface area contributed by atoms with Crippen molar-refractivity contribution in [1.29, 1.82) is 0 Å². The fourth-order valence-corrected chi connectivity index (χ4v) is 2.81. The van der Waals surface area contributed by atoms with Crippen LogP contribution in [-0.2, 0) is 6.42 Å². The number of nitrogens with one attached hydrogen (secondary N) is 1. The molecule has 1 atom stereocenters. The summed E-state index contributed by atoms with van der Waals surface area (Å²) in [6, 6.07) is -0.179. The Bertz CT molecular complexity index is 504. The summed E-state index contributed by atoms with van der Waals surface area (Å²) in [5.41, 5.74) is 0.840. The molecule has 0 spiro atoms. The SMILES string of the molecule is CCCNC(CCC(F)(F)F)Cc1cn2ccsc2n1. The molecule has 2 aromatic heterocycles. The summed E-state index contributed by atoms with van der Waals surface area (Å²) in [5.74, 6) is 0. The molecule has 0 fully saturated rings. The van der Waals surface area contributed by atoms with Gasteiger partial charge in [-0.1, -0.05) is 6.92 Å². The fourth-order valence-electron chi connectivity index (χ4n) is 2.09. The summed E-state index contributed by atoms with van der Waals surface area (Å²) in [4.78, 5) is 5.30. The van der Waals surface area contributed by atoms with Crippen LogP contribution in [0.5, 0.6) is 0 Å². The molecular weight excluding hydrogens is 287 g/mol. The lowest BCUT2D eigenvalue weighted by Crippen LogP contribution is -2.33. The van der Waals surface area contributed by atoms with Crippen molar-refractivity contribution in [3.8, 4) is 0 Å². The third-order valence-electron chi connectivity index (χ3n) is 3.06. The predicted molar refractivity (Wildman–Crippen MR) is 74.1 cm³/mol. The van der Waals surface area contributed by atoms with Crippen LogP contribution in [0.4, 0.5) is 13.2 Å². The summed E-state index contributed by atoms with van der Waals surface area (Å²) in [7, 11) is 0. The van der Waals surface area contributed by atoms with E-state index in [1.54, 1.807) is 0 Å². The lowest BCUT2D eigenvalue weighted by Gasteiger charge is -2.18. The Balaban J connectivity index is 1.96. The normalized spacial score (nSPS) is 14.0. The second-order valence-electron chi connectivity index (χ2n) is 4.83. The zero-order valence-corrected chi connectivity index (χ0v) is 12.1. The molecule has 20 heavy (non-hydrogen) atoms. The number of halogens is 3. The first-order valence-electron chi connectivity index (χ1n) is 6.69. The van der Waals surface area contributed by atoms with E-state index in [-0.39, 0.29) is 12.5 Å². The van der Waals surface area contributed by atoms with Gasteiger partial charge in [0, 0.05) is 36.7 Å². The van der Waals surface area contributed by atoms with Gasteiger partial charge in [0.25, 0.3) is 0 Å². The minimum Gasteiger partial charge on any atom is -0.314 e. The van der Waals surface area contributed by atoms with Crippen molar-refractivity contribution in [2.24, 2.45) is 0 Å². The third kappa shape index (κ3) is 4.49. The Morgan fingerprint density at radius 3 is 2.90 bits per heavy atom. The number of imidazole rings is 1. The van der Waals surface area contributed by atoms with E-state index in [1.807, 2.05) is 29.1 Å². The molecule has 7 heteroatoms. The Morgan fingerprint density at radius 2 is 2.25 bits per heavy atom. The van der Waals surface area contributed by atoms with Gasteiger partial charge in [0.2, 0.25) is 0 Å². The van der Waals surface area contributed by atoms with Crippen LogP contribution in [0, 0.1) is 0 Å². The molecule has 0 aliphatic rings. The summed E-state index contributed by atoms with van der Waals surface area (Å²) in [6.45, 7) is 2.73. The molecule has 3 nitrogen and oxygen atoms in total. The number of nitrogens with zero attached hydrogens (tertiary/aromatic N) is 2. The minimum absolute atomic E-state index is 0.0919. The summed E-state index contributed by atoms with van der Waals surface area (Å²) >= 11 is 1.52. The first-order chi connectivity index (χ1) is 9.48. The van der Waals surface area contributed by atoms with Gasteiger partial charge in [-0.15, -0.1) is 11.3 Å². The number of hydrogen-bond donors (Lipinski definition) is 1. The second kappa shape index (κ2) is 6.58. The Morgan fingerprint density at radius 1 is 1.45 bits per heavy atom. The maximum absolute atomic E-state index is 12.3. The molecule has 2 heterocycles. The minimum atomic E-state index is -4.10. The van der Waals surface area contributed by atoms with E-state index in [0.717, 1.165) is 23.6 Å². The lowest BCUT2D eigenvalue weighted by atomic mass is 10.1. The van der Waals surface area contributed by atoms with E-state index in [1.165, 1.54) is 11.3 Å². The van der Waals surface area contributed by atoms with Gasteiger partial charge >= 0.3 is 6.18 Å². The maximum atomic E-state index is 12.3. The van der Waals surface area contributed by atoms with Crippen LogP contribution in [-0.4, -0.2) is 28.1 Å². The molecule has 0 aliphatic carbocycles. The molecule has 0 amide bonds. The molecule has 0 aliphatic heterocycles. The van der Waals surface area contributed by atoms with Gasteiger partial charge in [0.15, 0.2) is 4.96 Å². The lowest BCUT2D eigenvalue weighted by molar-refractivity contribution is -0.136. The van der Waals surface area contributed by atoms with Gasteiger partial charge in [-0.3, -0.25) is 4.40 Å². The van der Waals surface area contributed by atoms with Gasteiger partial charge in [-0.2, -0.15) is 13.2 Å². The molecular formula is C13H18F3N3S. The number of hydrogen-bond acceptors (Lipinski definition) is 3. The number of rotatable bonds is 7. The molecule has 0 saturated heterocycles. The summed E-state index contributed by atoms with van der Waals surface area (Å²) in [5, 5.41) is 5.11. The number of alkyl halides is 3. The van der Waals surface area contributed by atoms with Crippen LogP contribution in [0.1, 0.15) is 31.9 Å². The highest BCUT2D eigenvalue weighted by molar-refractivity contribution is 7.15. The summed E-state index contributed by atoms with van der Waals surface area (Å²) in [6.07, 6.45) is 0.470. The maximum Gasteiger partial charge on any atom is 0.389 e. The zero-order valence-electron chi connectivity index (χ0n) is 11.3. The smallest absolute Gasteiger partial charge is 0.314 e. The van der Waals surface area contributed by atoms with Crippen molar-refractivity contribution in [2.75, 3.05) is 6.54 Å². The van der Waals surface area contributed by atoms with Gasteiger partial charge in [0.1, 0.15) is 0 Å². The number of thiazole rings is 1. The molecule has 0 bridgehead atoms. The average Bonchev–Trinajstić information content (AvgIpc) is 2.92. The topological polar surface area (TPSA) is 29.3 Å². The monoisotopic (exact) mass is 305 g/mol. The molecule has 2 aromatic rings. The van der Waals surface area contributed by atoms with Gasteiger partial charge in [-0.05, 0) is 19.4 Å². The molecule has 0 saturated carbocycles. The van der Waals surface area contributed by atoms with E-state index in [2.05, 4.69) is 10.3 Å². The van der Waals surface area contributed by atoms with Crippen molar-refractivity contribution in [1.82, 2.24) is 14.7 Å². The fraction of sp³-hybridized carbons (Fsp3) is 0.615. The molecule has 0 aromatic carbocycles. The van der Waals surface area contributed by atoms with E-state index >= 15 is 0 Å². The molecule has 1 N–H and O–H groups in total. The summed E-state index contributed by atoms with van der Waals surface area (Å²) < 4.78 is 39.0. The van der Waals surface area contributed by atoms with E-state index < -0.39 is 12.6 Å². The van der Waals surface area contributed by atoms with Gasteiger partial charge < -0.3 is 5.32 Å². The Hall–Kier alpha value is -1.08. The quantitative estimate of drug-likeness (QED) is 0.846. The van der Waals surface area contributed by atoms with E-state index in [0.29, 0.717) is 6.42 Å². The van der Waals surface area contributed by atoms with Crippen molar-refractivity contribution >= 4 is 16.3 Å². The average molecular weight is 305 g/mol. The van der Waals surface area contributed by atoms with E-state index in [4.69, 9.17) is 0 Å². The Labute approximate surface area is 119 Å². The van der Waals surface area contributed by atoms with Crippen molar-refractivity contribution in [3.63, 3.8) is 0 Å². The zero-order chi connectivity index (χ0) is 14.6. The van der Waals surface area contributed by atoms with Gasteiger partial charge in [0.05, 0.1) is 5.69 Å². The highest BCUT2D eigenvalue weighted by Gasteiger charge is 2.28. The predicted octanol–water partition coefficient (Wildman–Crippen LogP) is 3.65. The van der Waals surface area contributed by atoms with Crippen LogP contribution in [0.3, 0.4) is 0 Å². The second-order valence-corrected chi connectivity index (χ2v) is 5.71. The molecule has 2 rings (SSSR count). The highest BCUT2D eigenvalue weighted by Crippen LogP contribution is 2.23. The first kappa shape index (κ1) is 15.3. The van der Waals surface area contributed by atoms with Crippen LogP contribution < -0.4 is 5.32 Å². The molecule has 1 unspecified atom stereocenters. The third-order valence-corrected chi connectivity index (χ3v) is 3.83. The molecule has 112 valence electrons. The van der Waals surface area contributed by atoms with Crippen LogP contribution >= 0.6 is 11.3 Å². The van der Waals surface area contributed by atoms with Crippen LogP contribution in [0.15, 0.2) is 17.8 Å².